The predicted octanol–water partition coefficient (Wildman–Crippen LogP) is 2.30. The van der Waals surface area contributed by atoms with Crippen LogP contribution in [0, 0.1) is 23.1 Å². The molecule has 3 aliphatic rings. The lowest BCUT2D eigenvalue weighted by Gasteiger charge is -2.34. The van der Waals surface area contributed by atoms with Crippen LogP contribution in [0.1, 0.15) is 40.0 Å². The number of hydrogen-bond acceptors (Lipinski definition) is 5. The molecule has 2 amide bonds. The van der Waals surface area contributed by atoms with E-state index in [2.05, 4.69) is 10.3 Å². The lowest BCUT2D eigenvalue weighted by molar-refractivity contribution is -0.137. The van der Waals surface area contributed by atoms with Gasteiger partial charge in [-0.15, -0.1) is 5.10 Å². The average Bonchev–Trinajstić information content (AvgIpc) is 3.23. The number of amides is 2. The van der Waals surface area contributed by atoms with Crippen LogP contribution in [0.15, 0.2) is 30.5 Å². The molecule has 1 aliphatic carbocycles. The number of nitrogens with two attached hydrogens (primary N) is 1. The first-order chi connectivity index (χ1) is 16.1. The van der Waals surface area contributed by atoms with Gasteiger partial charge in [0, 0.05) is 37.0 Å². The van der Waals surface area contributed by atoms with Crippen molar-refractivity contribution in [3.05, 3.63) is 36.3 Å². The average molecular weight is 469 g/mol. The fraction of sp³-hybridized carbons (Fsp3) is 0.600. The second-order valence-corrected chi connectivity index (χ2v) is 11.1. The molecule has 34 heavy (non-hydrogen) atoms. The van der Waals surface area contributed by atoms with Crippen molar-refractivity contribution in [1.29, 1.82) is 0 Å². The van der Waals surface area contributed by atoms with E-state index in [0.29, 0.717) is 25.3 Å². The van der Waals surface area contributed by atoms with Crippen molar-refractivity contribution in [2.24, 2.45) is 23.0 Å². The molecule has 1 aromatic heterocycles. The van der Waals surface area contributed by atoms with E-state index >= 15 is 0 Å². The molecule has 182 valence electrons. The van der Waals surface area contributed by atoms with Crippen LogP contribution in [0.3, 0.4) is 0 Å². The van der Waals surface area contributed by atoms with Crippen LogP contribution in [0.5, 0.6) is 0 Å². The van der Waals surface area contributed by atoms with E-state index in [-0.39, 0.29) is 47.0 Å². The lowest BCUT2D eigenvalue weighted by Crippen LogP contribution is -2.54. The molecule has 2 saturated heterocycles. The Balaban J connectivity index is 1.39. The molecule has 0 spiro atoms. The highest BCUT2D eigenvalue weighted by atomic mass is 19.1. The van der Waals surface area contributed by atoms with Crippen LogP contribution in [-0.4, -0.2) is 67.8 Å². The summed E-state index contributed by atoms with van der Waals surface area (Å²) in [4.78, 5) is 30.4. The third-order valence-corrected chi connectivity index (χ3v) is 7.53. The first-order valence-electron chi connectivity index (χ1n) is 12.2. The van der Waals surface area contributed by atoms with Crippen LogP contribution in [0.4, 0.5) is 4.39 Å². The standard InChI is InChI=1S/C25H33FN6O2/c1-25(2,3)22(27)24(34)31-11-10-20-21(31)17(13-32(20)23(33)16-4-5-16)12-30-14-19(28-29-30)15-6-8-18(26)9-7-15/h6-9,14,16-17,20-22H,4-5,10-13,27H2,1-3H3/t17-,20+,21+,22?/m0/s1. The zero-order valence-corrected chi connectivity index (χ0v) is 20.0. The van der Waals surface area contributed by atoms with E-state index in [0.717, 1.165) is 24.8 Å². The number of aromatic nitrogens is 3. The van der Waals surface area contributed by atoms with Gasteiger partial charge in [0.2, 0.25) is 11.8 Å². The molecule has 2 aromatic rings. The van der Waals surface area contributed by atoms with Crippen molar-refractivity contribution in [2.75, 3.05) is 13.1 Å². The van der Waals surface area contributed by atoms with Crippen molar-refractivity contribution in [3.8, 4) is 11.3 Å². The van der Waals surface area contributed by atoms with Gasteiger partial charge in [-0.05, 0) is 48.9 Å². The molecule has 9 heteroatoms. The Labute approximate surface area is 199 Å². The van der Waals surface area contributed by atoms with E-state index < -0.39 is 6.04 Å². The molecular formula is C25H33FN6O2. The molecule has 3 heterocycles. The molecule has 5 rings (SSSR count). The van der Waals surface area contributed by atoms with Crippen molar-refractivity contribution < 1.29 is 14.0 Å². The summed E-state index contributed by atoms with van der Waals surface area (Å²) in [5.41, 5.74) is 7.47. The summed E-state index contributed by atoms with van der Waals surface area (Å²) >= 11 is 0. The van der Waals surface area contributed by atoms with Crippen LogP contribution < -0.4 is 5.73 Å². The number of carbonyl (C=O) groups is 2. The number of hydrogen-bond donors (Lipinski definition) is 1. The Morgan fingerprint density at radius 3 is 2.50 bits per heavy atom. The molecule has 0 bridgehead atoms. The highest BCUT2D eigenvalue weighted by Gasteiger charge is 2.54. The van der Waals surface area contributed by atoms with Crippen LogP contribution >= 0.6 is 0 Å². The smallest absolute Gasteiger partial charge is 0.240 e. The van der Waals surface area contributed by atoms with Gasteiger partial charge in [0.15, 0.2) is 0 Å². The summed E-state index contributed by atoms with van der Waals surface area (Å²) in [6.45, 7) is 7.68. The van der Waals surface area contributed by atoms with E-state index in [9.17, 15) is 14.0 Å². The van der Waals surface area contributed by atoms with Crippen LogP contribution in [-0.2, 0) is 16.1 Å². The second-order valence-electron chi connectivity index (χ2n) is 11.1. The molecular weight excluding hydrogens is 435 g/mol. The van der Waals surface area contributed by atoms with Crippen molar-refractivity contribution in [2.45, 2.75) is 64.7 Å². The Morgan fingerprint density at radius 1 is 1.15 bits per heavy atom. The maximum Gasteiger partial charge on any atom is 0.240 e. The Kier molecular flexibility index (Phi) is 5.70. The van der Waals surface area contributed by atoms with Gasteiger partial charge in [-0.2, -0.15) is 0 Å². The number of carbonyl (C=O) groups excluding carboxylic acids is 2. The SMILES string of the molecule is CC(C)(C)C(N)C(=O)N1CC[C@@H]2[C@H]1[C@@H](Cn1cc(-c3ccc(F)cc3)nn1)CN2C(=O)C1CC1. The first-order valence-corrected chi connectivity index (χ1v) is 12.2. The van der Waals surface area contributed by atoms with Crippen LogP contribution in [0.25, 0.3) is 11.3 Å². The van der Waals surface area contributed by atoms with Gasteiger partial charge in [-0.25, -0.2) is 4.39 Å². The number of fused-ring (bicyclic) bond motifs is 1. The largest absolute Gasteiger partial charge is 0.337 e. The number of halogens is 1. The molecule has 3 fully saturated rings. The molecule has 1 unspecified atom stereocenters. The Morgan fingerprint density at radius 2 is 1.85 bits per heavy atom. The molecule has 4 atom stereocenters. The number of benzene rings is 1. The number of likely N-dealkylation sites (tertiary alicyclic amines) is 2. The fourth-order valence-corrected chi connectivity index (χ4v) is 5.37. The minimum absolute atomic E-state index is 0.0225. The van der Waals surface area contributed by atoms with Gasteiger partial charge in [0.05, 0.1) is 24.3 Å². The quantitative estimate of drug-likeness (QED) is 0.726. The summed E-state index contributed by atoms with van der Waals surface area (Å²) in [5.74, 6) is 0.0494. The minimum atomic E-state index is -0.600. The molecule has 1 aromatic carbocycles. The van der Waals surface area contributed by atoms with Gasteiger partial charge in [0.1, 0.15) is 11.5 Å². The third kappa shape index (κ3) is 4.21. The summed E-state index contributed by atoms with van der Waals surface area (Å²) in [5, 5.41) is 8.56. The van der Waals surface area contributed by atoms with Gasteiger partial charge in [-0.1, -0.05) is 26.0 Å². The van der Waals surface area contributed by atoms with E-state index in [4.69, 9.17) is 5.73 Å². The summed E-state index contributed by atoms with van der Waals surface area (Å²) in [7, 11) is 0. The normalized spacial score (nSPS) is 25.5. The second kappa shape index (κ2) is 8.45. The van der Waals surface area contributed by atoms with Crippen LogP contribution in [0.2, 0.25) is 0 Å². The van der Waals surface area contributed by atoms with Gasteiger partial charge < -0.3 is 15.5 Å². The maximum absolute atomic E-state index is 13.4. The molecule has 2 aliphatic heterocycles. The van der Waals surface area contributed by atoms with Crippen molar-refractivity contribution in [3.63, 3.8) is 0 Å². The monoisotopic (exact) mass is 468 g/mol. The van der Waals surface area contributed by atoms with Gasteiger partial charge in [0.25, 0.3) is 0 Å². The minimum Gasteiger partial charge on any atom is -0.337 e. The highest BCUT2D eigenvalue weighted by Crippen LogP contribution is 2.41. The summed E-state index contributed by atoms with van der Waals surface area (Å²) in [6, 6.07) is 5.50. The van der Waals surface area contributed by atoms with E-state index in [1.54, 1.807) is 16.8 Å². The van der Waals surface area contributed by atoms with Crippen molar-refractivity contribution in [1.82, 2.24) is 24.8 Å². The van der Waals surface area contributed by atoms with Gasteiger partial charge in [-0.3, -0.25) is 14.3 Å². The maximum atomic E-state index is 13.4. The first kappa shape index (κ1) is 23.0. The Hall–Kier alpha value is -2.81. The predicted molar refractivity (Wildman–Crippen MR) is 125 cm³/mol. The number of rotatable bonds is 5. The summed E-state index contributed by atoms with van der Waals surface area (Å²) < 4.78 is 15.1. The topological polar surface area (TPSA) is 97.3 Å². The Bertz CT molecular complexity index is 1070. The zero-order chi connectivity index (χ0) is 24.2. The van der Waals surface area contributed by atoms with E-state index in [1.165, 1.54) is 12.1 Å². The molecule has 1 saturated carbocycles. The number of nitrogens with zero attached hydrogens (tertiary/aromatic N) is 5. The van der Waals surface area contributed by atoms with E-state index in [1.807, 2.05) is 36.8 Å². The van der Waals surface area contributed by atoms with Gasteiger partial charge >= 0.3 is 0 Å². The zero-order valence-electron chi connectivity index (χ0n) is 20.0. The fourth-order valence-electron chi connectivity index (χ4n) is 5.37. The summed E-state index contributed by atoms with van der Waals surface area (Å²) in [6.07, 6.45) is 4.54. The molecule has 0 radical (unpaired) electrons. The third-order valence-electron chi connectivity index (χ3n) is 7.53. The molecule has 8 nitrogen and oxygen atoms in total. The molecule has 2 N–H and O–H groups in total. The van der Waals surface area contributed by atoms with Crippen molar-refractivity contribution >= 4 is 11.8 Å². The lowest BCUT2D eigenvalue weighted by atomic mass is 9.86. The highest BCUT2D eigenvalue weighted by molar-refractivity contribution is 5.85.